The van der Waals surface area contributed by atoms with Crippen molar-refractivity contribution in [3.05, 3.63) is 34.9 Å². The number of alkyl halides is 1. The molecule has 1 aliphatic carbocycles. The van der Waals surface area contributed by atoms with Gasteiger partial charge >= 0.3 is 0 Å². The van der Waals surface area contributed by atoms with E-state index in [1.54, 1.807) is 5.56 Å². The lowest BCUT2D eigenvalue weighted by Crippen LogP contribution is -2.11. The van der Waals surface area contributed by atoms with Gasteiger partial charge in [0, 0.05) is 4.83 Å². The summed E-state index contributed by atoms with van der Waals surface area (Å²) in [6, 6.07) is 7.07. The van der Waals surface area contributed by atoms with Gasteiger partial charge in [0.1, 0.15) is 0 Å². The highest BCUT2D eigenvalue weighted by molar-refractivity contribution is 9.09. The van der Waals surface area contributed by atoms with E-state index in [9.17, 15) is 0 Å². The number of halogens is 1. The van der Waals surface area contributed by atoms with E-state index in [1.807, 2.05) is 0 Å². The van der Waals surface area contributed by atoms with Crippen molar-refractivity contribution < 1.29 is 0 Å². The van der Waals surface area contributed by atoms with Crippen LogP contribution in [0.1, 0.15) is 68.0 Å². The summed E-state index contributed by atoms with van der Waals surface area (Å²) >= 11 is 3.90. The van der Waals surface area contributed by atoms with Crippen LogP contribution in [0.5, 0.6) is 0 Å². The topological polar surface area (TPSA) is 0 Å². The van der Waals surface area contributed by atoms with Gasteiger partial charge in [-0.2, -0.15) is 0 Å². The lowest BCUT2D eigenvalue weighted by atomic mass is 9.84. The first-order chi connectivity index (χ1) is 7.89. The Bertz CT molecular complexity index is 404. The maximum absolute atomic E-state index is 3.90. The number of hydrogen-bond donors (Lipinski definition) is 0. The second kappa shape index (κ2) is 4.76. The standard InChI is InChI=1S/C16H23Br/c1-11(2)13-6-5-12-7-8-16(3,4)10-15(17)14(12)9-13/h5-6,9,11,15H,7-8,10H2,1-4H3. The van der Waals surface area contributed by atoms with Gasteiger partial charge < -0.3 is 0 Å². The van der Waals surface area contributed by atoms with Gasteiger partial charge in [-0.15, -0.1) is 0 Å². The largest absolute Gasteiger partial charge is 0.0838 e. The Morgan fingerprint density at radius 2 is 2.00 bits per heavy atom. The Hall–Kier alpha value is -0.300. The molecule has 1 aromatic rings. The van der Waals surface area contributed by atoms with E-state index in [1.165, 1.54) is 30.4 Å². The molecular formula is C16H23Br. The van der Waals surface area contributed by atoms with Crippen molar-refractivity contribution >= 4 is 15.9 Å². The minimum absolute atomic E-state index is 0.450. The smallest absolute Gasteiger partial charge is 0.0403 e. The van der Waals surface area contributed by atoms with Crippen molar-refractivity contribution in [2.24, 2.45) is 5.41 Å². The zero-order valence-electron chi connectivity index (χ0n) is 11.4. The fourth-order valence-corrected chi connectivity index (χ4v) is 3.96. The molecule has 1 atom stereocenters. The minimum Gasteiger partial charge on any atom is -0.0838 e. The number of benzene rings is 1. The Balaban J connectivity index is 2.38. The zero-order valence-corrected chi connectivity index (χ0v) is 13.0. The summed E-state index contributed by atoms with van der Waals surface area (Å²) in [6.07, 6.45) is 3.76. The lowest BCUT2D eigenvalue weighted by Gasteiger charge is -2.24. The summed E-state index contributed by atoms with van der Waals surface area (Å²) in [5.74, 6) is 0.622. The fraction of sp³-hybridized carbons (Fsp3) is 0.625. The Labute approximate surface area is 114 Å². The van der Waals surface area contributed by atoms with E-state index < -0.39 is 0 Å². The lowest BCUT2D eigenvalue weighted by molar-refractivity contribution is 0.316. The van der Waals surface area contributed by atoms with Crippen LogP contribution < -0.4 is 0 Å². The molecule has 0 spiro atoms. The second-order valence-electron chi connectivity index (χ2n) is 6.45. The molecular weight excluding hydrogens is 272 g/mol. The molecule has 0 fully saturated rings. The molecule has 0 radical (unpaired) electrons. The van der Waals surface area contributed by atoms with E-state index in [0.717, 1.165) is 0 Å². The molecule has 2 rings (SSSR count). The Morgan fingerprint density at radius 1 is 1.29 bits per heavy atom. The van der Waals surface area contributed by atoms with Gasteiger partial charge in [0.15, 0.2) is 0 Å². The third-order valence-electron chi connectivity index (χ3n) is 3.98. The maximum atomic E-state index is 3.90. The van der Waals surface area contributed by atoms with Crippen LogP contribution in [-0.2, 0) is 6.42 Å². The molecule has 1 aliphatic rings. The average molecular weight is 295 g/mol. The molecule has 0 bridgehead atoms. The summed E-state index contributed by atoms with van der Waals surface area (Å²) in [6.45, 7) is 9.31. The van der Waals surface area contributed by atoms with Crippen molar-refractivity contribution in [2.75, 3.05) is 0 Å². The SMILES string of the molecule is CC(C)c1ccc2c(c1)C(Br)CC(C)(C)CC2. The molecule has 0 heterocycles. The summed E-state index contributed by atoms with van der Waals surface area (Å²) in [7, 11) is 0. The third kappa shape index (κ3) is 2.93. The summed E-state index contributed by atoms with van der Waals surface area (Å²) < 4.78 is 0. The van der Waals surface area contributed by atoms with Crippen LogP contribution in [0.25, 0.3) is 0 Å². The highest BCUT2D eigenvalue weighted by atomic mass is 79.9. The van der Waals surface area contributed by atoms with E-state index in [-0.39, 0.29) is 0 Å². The fourth-order valence-electron chi connectivity index (χ4n) is 2.66. The summed E-state index contributed by atoms with van der Waals surface area (Å²) in [5.41, 5.74) is 4.99. The molecule has 1 unspecified atom stereocenters. The number of aryl methyl sites for hydroxylation is 1. The first-order valence-corrected chi connectivity index (χ1v) is 7.57. The van der Waals surface area contributed by atoms with Gasteiger partial charge in [-0.3, -0.25) is 0 Å². The van der Waals surface area contributed by atoms with E-state index in [0.29, 0.717) is 16.2 Å². The molecule has 0 aromatic heterocycles. The Morgan fingerprint density at radius 3 is 2.65 bits per heavy atom. The van der Waals surface area contributed by atoms with Gasteiger partial charge in [-0.25, -0.2) is 0 Å². The molecule has 0 nitrogen and oxygen atoms in total. The number of fused-ring (bicyclic) bond motifs is 1. The molecule has 17 heavy (non-hydrogen) atoms. The van der Waals surface area contributed by atoms with Crippen LogP contribution in [0.2, 0.25) is 0 Å². The van der Waals surface area contributed by atoms with Crippen LogP contribution in [0.15, 0.2) is 18.2 Å². The van der Waals surface area contributed by atoms with E-state index in [4.69, 9.17) is 0 Å². The predicted octanol–water partition coefficient (Wildman–Crippen LogP) is 5.61. The molecule has 0 aliphatic heterocycles. The van der Waals surface area contributed by atoms with Crippen LogP contribution in [0.4, 0.5) is 0 Å². The second-order valence-corrected chi connectivity index (χ2v) is 7.55. The number of hydrogen-bond acceptors (Lipinski definition) is 0. The molecule has 0 saturated heterocycles. The van der Waals surface area contributed by atoms with Gasteiger partial charge in [0.25, 0.3) is 0 Å². The normalized spacial score (nSPS) is 23.3. The molecule has 0 saturated carbocycles. The minimum atomic E-state index is 0.450. The first-order valence-electron chi connectivity index (χ1n) is 6.66. The average Bonchev–Trinajstić information content (AvgIpc) is 2.35. The van der Waals surface area contributed by atoms with Crippen molar-refractivity contribution in [1.82, 2.24) is 0 Å². The summed E-state index contributed by atoms with van der Waals surface area (Å²) in [4.78, 5) is 0.522. The van der Waals surface area contributed by atoms with Crippen molar-refractivity contribution in [1.29, 1.82) is 0 Å². The highest BCUT2D eigenvalue weighted by Gasteiger charge is 2.28. The van der Waals surface area contributed by atoms with Gasteiger partial charge in [0.2, 0.25) is 0 Å². The maximum Gasteiger partial charge on any atom is 0.0403 e. The zero-order chi connectivity index (χ0) is 12.6. The molecule has 1 heteroatoms. The Kier molecular flexibility index (Phi) is 3.68. The summed E-state index contributed by atoms with van der Waals surface area (Å²) in [5, 5.41) is 0. The monoisotopic (exact) mass is 294 g/mol. The van der Waals surface area contributed by atoms with E-state index >= 15 is 0 Å². The van der Waals surface area contributed by atoms with Crippen LogP contribution in [0.3, 0.4) is 0 Å². The van der Waals surface area contributed by atoms with Crippen molar-refractivity contribution in [2.45, 2.75) is 57.7 Å². The number of rotatable bonds is 1. The van der Waals surface area contributed by atoms with Crippen LogP contribution in [0, 0.1) is 5.41 Å². The quantitative estimate of drug-likeness (QED) is 0.466. The van der Waals surface area contributed by atoms with Gasteiger partial charge in [-0.1, -0.05) is 61.8 Å². The molecule has 94 valence electrons. The van der Waals surface area contributed by atoms with Crippen molar-refractivity contribution in [3.63, 3.8) is 0 Å². The molecule has 0 N–H and O–H groups in total. The third-order valence-corrected chi connectivity index (χ3v) is 4.79. The molecule has 0 amide bonds. The van der Waals surface area contributed by atoms with Gasteiger partial charge in [-0.05, 0) is 47.3 Å². The van der Waals surface area contributed by atoms with Crippen LogP contribution in [-0.4, -0.2) is 0 Å². The van der Waals surface area contributed by atoms with Crippen molar-refractivity contribution in [3.8, 4) is 0 Å². The van der Waals surface area contributed by atoms with E-state index in [2.05, 4.69) is 61.8 Å². The highest BCUT2D eigenvalue weighted by Crippen LogP contribution is 2.44. The van der Waals surface area contributed by atoms with Crippen LogP contribution >= 0.6 is 15.9 Å². The predicted molar refractivity (Wildman–Crippen MR) is 78.9 cm³/mol. The van der Waals surface area contributed by atoms with Gasteiger partial charge in [0.05, 0.1) is 0 Å². The first kappa shape index (κ1) is 13.1. The molecule has 1 aromatic carbocycles.